The van der Waals surface area contributed by atoms with Gasteiger partial charge >= 0.3 is 0 Å². The minimum Gasteiger partial charge on any atom is -0.507 e. The van der Waals surface area contributed by atoms with Crippen molar-refractivity contribution >= 4 is 28.5 Å². The molecular weight excluding hydrogens is 365 g/mol. The maximum atomic E-state index is 12.5. The second-order valence-corrected chi connectivity index (χ2v) is 6.15. The van der Waals surface area contributed by atoms with Crippen LogP contribution >= 0.6 is 22.6 Å². The molecule has 4 heteroatoms. The topological polar surface area (TPSA) is 40.5 Å². The Labute approximate surface area is 131 Å². The highest BCUT2D eigenvalue weighted by molar-refractivity contribution is 14.1. The summed E-state index contributed by atoms with van der Waals surface area (Å²) in [6.45, 7) is 1.31. The largest absolute Gasteiger partial charge is 0.507 e. The van der Waals surface area contributed by atoms with Crippen LogP contribution in [0.5, 0.6) is 5.75 Å². The monoisotopic (exact) mass is 379 g/mol. The summed E-state index contributed by atoms with van der Waals surface area (Å²) < 4.78 is 0.946. The number of phenols is 1. The summed E-state index contributed by atoms with van der Waals surface area (Å²) in [4.78, 5) is 14.3. The molecule has 0 aliphatic carbocycles. The summed E-state index contributed by atoms with van der Waals surface area (Å²) in [5.74, 6) is -0.0511. The number of hydrogen-bond acceptors (Lipinski definition) is 2. The van der Waals surface area contributed by atoms with E-state index in [9.17, 15) is 9.90 Å². The highest BCUT2D eigenvalue weighted by atomic mass is 127. The molecule has 102 valence electrons. The maximum Gasteiger partial charge on any atom is 0.257 e. The first-order valence-corrected chi connectivity index (χ1v) is 7.57. The highest BCUT2D eigenvalue weighted by Gasteiger charge is 2.23. The van der Waals surface area contributed by atoms with Gasteiger partial charge in [-0.05, 0) is 58.3 Å². The van der Waals surface area contributed by atoms with Gasteiger partial charge in [0.15, 0.2) is 0 Å². The standard InChI is InChI=1S/C16H14INO2/c17-13-5-6-15(19)14(9-13)16(20)18-8-7-11-3-1-2-4-12(11)10-18/h1-6,9,19H,7-8,10H2. The lowest BCUT2D eigenvalue weighted by atomic mass is 9.99. The fourth-order valence-electron chi connectivity index (χ4n) is 2.52. The molecule has 0 saturated carbocycles. The zero-order valence-corrected chi connectivity index (χ0v) is 13.0. The number of halogens is 1. The summed E-state index contributed by atoms with van der Waals surface area (Å²) in [5.41, 5.74) is 2.89. The highest BCUT2D eigenvalue weighted by Crippen LogP contribution is 2.25. The van der Waals surface area contributed by atoms with Crippen molar-refractivity contribution in [1.29, 1.82) is 0 Å². The number of carbonyl (C=O) groups excluding carboxylic acids is 1. The van der Waals surface area contributed by atoms with Gasteiger partial charge in [-0.3, -0.25) is 4.79 Å². The van der Waals surface area contributed by atoms with Crippen molar-refractivity contribution in [3.8, 4) is 5.75 Å². The van der Waals surface area contributed by atoms with Crippen molar-refractivity contribution in [2.75, 3.05) is 6.54 Å². The number of aromatic hydroxyl groups is 1. The third-order valence-corrected chi connectivity index (χ3v) is 4.28. The lowest BCUT2D eigenvalue weighted by Crippen LogP contribution is -2.36. The van der Waals surface area contributed by atoms with Crippen LogP contribution in [-0.4, -0.2) is 22.5 Å². The van der Waals surface area contributed by atoms with E-state index in [2.05, 4.69) is 34.7 Å². The number of fused-ring (bicyclic) bond motifs is 1. The Morgan fingerprint density at radius 1 is 1.15 bits per heavy atom. The molecule has 0 fully saturated rings. The fraction of sp³-hybridized carbons (Fsp3) is 0.188. The smallest absolute Gasteiger partial charge is 0.257 e. The van der Waals surface area contributed by atoms with E-state index in [4.69, 9.17) is 0 Å². The molecule has 1 N–H and O–H groups in total. The molecule has 0 aromatic heterocycles. The average molecular weight is 379 g/mol. The van der Waals surface area contributed by atoms with Gasteiger partial charge in [0.2, 0.25) is 0 Å². The molecule has 3 nitrogen and oxygen atoms in total. The molecule has 0 spiro atoms. The van der Waals surface area contributed by atoms with Gasteiger partial charge in [-0.1, -0.05) is 24.3 Å². The summed E-state index contributed by atoms with van der Waals surface area (Å²) in [7, 11) is 0. The molecular formula is C16H14INO2. The molecule has 1 aliphatic rings. The lowest BCUT2D eigenvalue weighted by Gasteiger charge is -2.29. The van der Waals surface area contributed by atoms with Crippen LogP contribution in [0, 0.1) is 3.57 Å². The van der Waals surface area contributed by atoms with Gasteiger partial charge in [0.1, 0.15) is 5.75 Å². The van der Waals surface area contributed by atoms with Crippen molar-refractivity contribution in [3.05, 3.63) is 62.7 Å². The van der Waals surface area contributed by atoms with Crippen molar-refractivity contribution in [2.45, 2.75) is 13.0 Å². The number of nitrogens with zero attached hydrogens (tertiary/aromatic N) is 1. The molecule has 1 amide bonds. The normalized spacial score (nSPS) is 13.9. The molecule has 0 radical (unpaired) electrons. The summed E-state index contributed by atoms with van der Waals surface area (Å²) in [6, 6.07) is 13.3. The molecule has 0 unspecified atom stereocenters. The molecule has 3 rings (SSSR count). The second-order valence-electron chi connectivity index (χ2n) is 4.91. The Morgan fingerprint density at radius 3 is 2.70 bits per heavy atom. The van der Waals surface area contributed by atoms with E-state index in [1.54, 1.807) is 23.1 Å². The van der Waals surface area contributed by atoms with Crippen LogP contribution in [0.15, 0.2) is 42.5 Å². The predicted molar refractivity (Wildman–Crippen MR) is 85.7 cm³/mol. The SMILES string of the molecule is O=C(c1cc(I)ccc1O)N1CCc2ccccc2C1. The summed E-state index contributed by atoms with van der Waals surface area (Å²) in [5, 5.41) is 9.88. The number of benzene rings is 2. The van der Waals surface area contributed by atoms with E-state index in [1.807, 2.05) is 12.1 Å². The molecule has 1 aliphatic heterocycles. The summed E-state index contributed by atoms with van der Waals surface area (Å²) >= 11 is 2.14. The number of hydrogen-bond donors (Lipinski definition) is 1. The van der Waals surface area contributed by atoms with Crippen molar-refractivity contribution in [3.63, 3.8) is 0 Å². The van der Waals surface area contributed by atoms with Crippen LogP contribution in [0.2, 0.25) is 0 Å². The number of phenolic OH excluding ortho intramolecular Hbond substituents is 1. The van der Waals surface area contributed by atoms with Crippen molar-refractivity contribution < 1.29 is 9.90 Å². The fourth-order valence-corrected chi connectivity index (χ4v) is 3.01. The molecule has 2 aromatic carbocycles. The molecule has 2 aromatic rings. The zero-order chi connectivity index (χ0) is 14.1. The van der Waals surface area contributed by atoms with Crippen molar-refractivity contribution in [1.82, 2.24) is 4.90 Å². The van der Waals surface area contributed by atoms with Gasteiger partial charge in [-0.15, -0.1) is 0 Å². The van der Waals surface area contributed by atoms with Gasteiger partial charge in [0.05, 0.1) is 5.56 Å². The van der Waals surface area contributed by atoms with Gasteiger partial charge in [0.25, 0.3) is 5.91 Å². The second kappa shape index (κ2) is 5.44. The Kier molecular flexibility index (Phi) is 3.65. The van der Waals surface area contributed by atoms with Crippen LogP contribution in [0.4, 0.5) is 0 Å². The first-order chi connectivity index (χ1) is 9.65. The van der Waals surface area contributed by atoms with Crippen molar-refractivity contribution in [2.24, 2.45) is 0 Å². The van der Waals surface area contributed by atoms with Crippen LogP contribution < -0.4 is 0 Å². The summed E-state index contributed by atoms with van der Waals surface area (Å²) in [6.07, 6.45) is 0.868. The molecule has 0 saturated heterocycles. The van der Waals surface area contributed by atoms with Crippen LogP contribution in [0.1, 0.15) is 21.5 Å². The van der Waals surface area contributed by atoms with Crippen LogP contribution in [0.3, 0.4) is 0 Å². The van der Waals surface area contributed by atoms with Crippen LogP contribution in [-0.2, 0) is 13.0 Å². The van der Waals surface area contributed by atoms with E-state index >= 15 is 0 Å². The average Bonchev–Trinajstić information content (AvgIpc) is 2.48. The Hall–Kier alpha value is -1.56. The minimum absolute atomic E-state index is 0.0503. The number of amides is 1. The Morgan fingerprint density at radius 2 is 1.90 bits per heavy atom. The minimum atomic E-state index is -0.101. The third-order valence-electron chi connectivity index (χ3n) is 3.61. The predicted octanol–water partition coefficient (Wildman–Crippen LogP) is 3.20. The number of rotatable bonds is 1. The van der Waals surface area contributed by atoms with E-state index in [0.29, 0.717) is 18.7 Å². The van der Waals surface area contributed by atoms with Gasteiger partial charge in [-0.25, -0.2) is 0 Å². The van der Waals surface area contributed by atoms with E-state index in [1.165, 1.54) is 11.1 Å². The third kappa shape index (κ3) is 2.52. The Bertz CT molecular complexity index is 669. The van der Waals surface area contributed by atoms with Crippen LogP contribution in [0.25, 0.3) is 0 Å². The number of carbonyl (C=O) groups is 1. The van der Waals surface area contributed by atoms with Gasteiger partial charge in [-0.2, -0.15) is 0 Å². The van der Waals surface area contributed by atoms with Gasteiger partial charge in [0, 0.05) is 16.7 Å². The molecule has 0 bridgehead atoms. The molecule has 20 heavy (non-hydrogen) atoms. The van der Waals surface area contributed by atoms with Gasteiger partial charge < -0.3 is 10.0 Å². The zero-order valence-electron chi connectivity index (χ0n) is 10.8. The first-order valence-electron chi connectivity index (χ1n) is 6.50. The molecule has 0 atom stereocenters. The lowest BCUT2D eigenvalue weighted by molar-refractivity contribution is 0.0731. The van der Waals surface area contributed by atoms with E-state index < -0.39 is 0 Å². The molecule has 1 heterocycles. The Balaban J connectivity index is 1.88. The maximum absolute atomic E-state index is 12.5. The van der Waals surface area contributed by atoms with E-state index in [0.717, 1.165) is 9.99 Å². The first kappa shape index (κ1) is 13.4. The quantitative estimate of drug-likeness (QED) is 0.774. The van der Waals surface area contributed by atoms with E-state index in [-0.39, 0.29) is 11.7 Å².